The van der Waals surface area contributed by atoms with Gasteiger partial charge in [-0.15, -0.1) is 0 Å². The number of rotatable bonds is 5. The Morgan fingerprint density at radius 2 is 1.76 bits per heavy atom. The van der Waals surface area contributed by atoms with Crippen LogP contribution in [0.4, 0.5) is 5.88 Å². The molecule has 1 aromatic carbocycles. The predicted octanol–water partition coefficient (Wildman–Crippen LogP) is 4.81. The quantitative estimate of drug-likeness (QED) is 0.444. The van der Waals surface area contributed by atoms with E-state index >= 15 is 0 Å². The van der Waals surface area contributed by atoms with Crippen LogP contribution in [0.2, 0.25) is 0 Å². The molecule has 1 fully saturated rings. The summed E-state index contributed by atoms with van der Waals surface area (Å²) in [6, 6.07) is 13.5. The smallest absolute Gasteiger partial charge is 0.271 e. The standard InChI is InChI=1S/C22H23BrN4O2/c1-15-5-6-16(2)27(15)18-9-7-17(8-10-18)21(28)25-24-14-19-13-20(23)22(29-19)26-11-3-4-12-26/h5-10,13-14H,3-4,11-12H2,1-2H3,(H,25,28)/b24-14-. The van der Waals surface area contributed by atoms with Gasteiger partial charge in [-0.3, -0.25) is 4.79 Å². The van der Waals surface area contributed by atoms with Crippen LogP contribution in [-0.4, -0.2) is 29.8 Å². The largest absolute Gasteiger partial charge is 0.438 e. The Hall–Kier alpha value is -2.80. The number of nitrogens with one attached hydrogen (secondary N) is 1. The molecule has 0 saturated carbocycles. The SMILES string of the molecule is Cc1ccc(C)n1-c1ccc(C(=O)N/N=C\c2cc(Br)c(N3CCCC3)o2)cc1. The first-order valence-electron chi connectivity index (χ1n) is 9.66. The van der Waals surface area contributed by atoms with Gasteiger partial charge in [0.15, 0.2) is 5.76 Å². The zero-order chi connectivity index (χ0) is 20.4. The average molecular weight is 455 g/mol. The van der Waals surface area contributed by atoms with Crippen LogP contribution >= 0.6 is 15.9 Å². The van der Waals surface area contributed by atoms with E-state index in [0.717, 1.165) is 40.5 Å². The van der Waals surface area contributed by atoms with E-state index in [1.165, 1.54) is 19.1 Å². The van der Waals surface area contributed by atoms with Crippen LogP contribution in [0.5, 0.6) is 0 Å². The summed E-state index contributed by atoms with van der Waals surface area (Å²) < 4.78 is 8.89. The van der Waals surface area contributed by atoms with Gasteiger partial charge in [-0.25, -0.2) is 5.43 Å². The fourth-order valence-electron chi connectivity index (χ4n) is 3.63. The van der Waals surface area contributed by atoms with Gasteiger partial charge in [-0.1, -0.05) is 0 Å². The normalized spacial score (nSPS) is 14.1. The third-order valence-electron chi connectivity index (χ3n) is 5.10. The summed E-state index contributed by atoms with van der Waals surface area (Å²) in [5, 5.41) is 4.04. The van der Waals surface area contributed by atoms with E-state index in [4.69, 9.17) is 4.42 Å². The Morgan fingerprint density at radius 1 is 1.10 bits per heavy atom. The molecule has 4 rings (SSSR count). The van der Waals surface area contributed by atoms with Gasteiger partial charge in [-0.05, 0) is 79.0 Å². The van der Waals surface area contributed by atoms with E-state index in [-0.39, 0.29) is 5.91 Å². The first-order valence-corrected chi connectivity index (χ1v) is 10.5. The Balaban J connectivity index is 1.40. The second-order valence-corrected chi connectivity index (χ2v) is 8.05. The highest BCUT2D eigenvalue weighted by Gasteiger charge is 2.19. The first kappa shape index (κ1) is 19.5. The molecule has 2 aromatic heterocycles. The van der Waals surface area contributed by atoms with Crippen LogP contribution in [0.3, 0.4) is 0 Å². The van der Waals surface area contributed by atoms with E-state index in [1.54, 1.807) is 12.1 Å². The van der Waals surface area contributed by atoms with Gasteiger partial charge in [0.25, 0.3) is 5.91 Å². The molecule has 0 aliphatic carbocycles. The molecule has 150 valence electrons. The maximum atomic E-state index is 12.4. The van der Waals surface area contributed by atoms with Crippen molar-refractivity contribution in [3.8, 4) is 5.69 Å². The lowest BCUT2D eigenvalue weighted by Gasteiger charge is -2.13. The van der Waals surface area contributed by atoms with Gasteiger partial charge in [0.05, 0.1) is 10.7 Å². The number of nitrogens with zero attached hydrogens (tertiary/aromatic N) is 3. The molecular formula is C22H23BrN4O2. The topological polar surface area (TPSA) is 62.8 Å². The molecular weight excluding hydrogens is 432 g/mol. The van der Waals surface area contributed by atoms with Gasteiger partial charge in [0.1, 0.15) is 0 Å². The third-order valence-corrected chi connectivity index (χ3v) is 5.67. The minimum absolute atomic E-state index is 0.265. The number of hydrogen-bond donors (Lipinski definition) is 1. The molecule has 3 aromatic rings. The molecule has 0 bridgehead atoms. The van der Waals surface area contributed by atoms with Crippen molar-refractivity contribution in [2.24, 2.45) is 5.10 Å². The monoisotopic (exact) mass is 454 g/mol. The van der Waals surface area contributed by atoms with E-state index in [1.807, 2.05) is 18.2 Å². The predicted molar refractivity (Wildman–Crippen MR) is 118 cm³/mol. The molecule has 1 amide bonds. The van der Waals surface area contributed by atoms with Crippen molar-refractivity contribution in [1.29, 1.82) is 0 Å². The molecule has 6 nitrogen and oxygen atoms in total. The molecule has 1 N–H and O–H groups in total. The summed E-state index contributed by atoms with van der Waals surface area (Å²) >= 11 is 3.53. The van der Waals surface area contributed by atoms with E-state index < -0.39 is 0 Å². The zero-order valence-corrected chi connectivity index (χ0v) is 18.1. The number of hydrazone groups is 1. The minimum Gasteiger partial charge on any atom is -0.438 e. The Labute approximate surface area is 178 Å². The molecule has 1 saturated heterocycles. The fraction of sp³-hybridized carbons (Fsp3) is 0.273. The van der Waals surface area contributed by atoms with Crippen molar-refractivity contribution in [1.82, 2.24) is 9.99 Å². The lowest BCUT2D eigenvalue weighted by atomic mass is 10.2. The van der Waals surface area contributed by atoms with Gasteiger partial charge in [-0.2, -0.15) is 5.10 Å². The Morgan fingerprint density at radius 3 is 2.41 bits per heavy atom. The van der Waals surface area contributed by atoms with E-state index in [2.05, 4.69) is 61.9 Å². The number of benzene rings is 1. The van der Waals surface area contributed by atoms with Crippen molar-refractivity contribution in [2.75, 3.05) is 18.0 Å². The van der Waals surface area contributed by atoms with Crippen LogP contribution in [0.1, 0.15) is 40.3 Å². The molecule has 0 spiro atoms. The highest BCUT2D eigenvalue weighted by molar-refractivity contribution is 9.10. The number of amides is 1. The number of aromatic nitrogens is 1. The van der Waals surface area contributed by atoms with Gasteiger partial charge < -0.3 is 13.9 Å². The lowest BCUT2D eigenvalue weighted by Crippen LogP contribution is -2.17. The van der Waals surface area contributed by atoms with Crippen LogP contribution in [0.25, 0.3) is 5.69 Å². The Kier molecular flexibility index (Phi) is 5.58. The first-order chi connectivity index (χ1) is 14.0. The summed E-state index contributed by atoms with van der Waals surface area (Å²) in [5.41, 5.74) is 6.44. The van der Waals surface area contributed by atoms with Crippen molar-refractivity contribution in [3.05, 3.63) is 69.6 Å². The van der Waals surface area contributed by atoms with Gasteiger partial charge >= 0.3 is 0 Å². The van der Waals surface area contributed by atoms with Gasteiger partial charge in [0, 0.05) is 41.8 Å². The lowest BCUT2D eigenvalue weighted by molar-refractivity contribution is 0.0955. The van der Waals surface area contributed by atoms with Crippen LogP contribution in [0.15, 0.2) is 56.5 Å². The molecule has 1 aliphatic rings. The fourth-order valence-corrected chi connectivity index (χ4v) is 4.19. The molecule has 0 unspecified atom stereocenters. The number of furan rings is 1. The second kappa shape index (κ2) is 8.29. The maximum Gasteiger partial charge on any atom is 0.271 e. The summed E-state index contributed by atoms with van der Waals surface area (Å²) in [6.07, 6.45) is 3.87. The number of carbonyl (C=O) groups is 1. The summed E-state index contributed by atoms with van der Waals surface area (Å²) in [4.78, 5) is 14.6. The molecule has 1 aliphatic heterocycles. The average Bonchev–Trinajstić information content (AvgIpc) is 3.43. The summed E-state index contributed by atoms with van der Waals surface area (Å²) in [6.45, 7) is 6.11. The van der Waals surface area contributed by atoms with Crippen molar-refractivity contribution in [3.63, 3.8) is 0 Å². The van der Waals surface area contributed by atoms with Crippen molar-refractivity contribution >= 4 is 33.9 Å². The van der Waals surface area contributed by atoms with E-state index in [0.29, 0.717) is 11.3 Å². The Bertz CT molecular complexity index is 1020. The number of halogens is 1. The highest BCUT2D eigenvalue weighted by atomic mass is 79.9. The molecule has 3 heterocycles. The number of aryl methyl sites for hydroxylation is 2. The molecule has 0 radical (unpaired) electrons. The van der Waals surface area contributed by atoms with Gasteiger partial charge in [0.2, 0.25) is 5.88 Å². The second-order valence-electron chi connectivity index (χ2n) is 7.19. The molecule has 0 atom stereocenters. The van der Waals surface area contributed by atoms with Crippen LogP contribution in [-0.2, 0) is 0 Å². The third kappa shape index (κ3) is 4.15. The highest BCUT2D eigenvalue weighted by Crippen LogP contribution is 2.31. The summed E-state index contributed by atoms with van der Waals surface area (Å²) in [7, 11) is 0. The maximum absolute atomic E-state index is 12.4. The number of anilines is 1. The van der Waals surface area contributed by atoms with E-state index in [9.17, 15) is 4.79 Å². The minimum atomic E-state index is -0.265. The van der Waals surface area contributed by atoms with Crippen LogP contribution in [0, 0.1) is 13.8 Å². The molecule has 7 heteroatoms. The van der Waals surface area contributed by atoms with Crippen molar-refractivity contribution < 1.29 is 9.21 Å². The van der Waals surface area contributed by atoms with Crippen molar-refractivity contribution in [2.45, 2.75) is 26.7 Å². The summed E-state index contributed by atoms with van der Waals surface area (Å²) in [5.74, 6) is 1.15. The zero-order valence-electron chi connectivity index (χ0n) is 16.5. The molecule has 29 heavy (non-hydrogen) atoms. The number of carbonyl (C=O) groups excluding carboxylic acids is 1. The van der Waals surface area contributed by atoms with Crippen LogP contribution < -0.4 is 10.3 Å². The number of hydrogen-bond acceptors (Lipinski definition) is 4.